The number of anilines is 1. The van der Waals surface area contributed by atoms with Gasteiger partial charge in [0.2, 0.25) is 5.91 Å². The van der Waals surface area contributed by atoms with Gasteiger partial charge in [-0.05, 0) is 37.1 Å². The fourth-order valence-electron chi connectivity index (χ4n) is 3.05. The van der Waals surface area contributed by atoms with Gasteiger partial charge in [0, 0.05) is 38.1 Å². The number of hydrogen-bond donors (Lipinski definition) is 2. The molecule has 1 saturated heterocycles. The minimum absolute atomic E-state index is 0.0328. The van der Waals surface area contributed by atoms with E-state index in [1.807, 2.05) is 32.0 Å². The number of carbonyl (C=O) groups is 2. The zero-order valence-electron chi connectivity index (χ0n) is 15.0. The van der Waals surface area contributed by atoms with Gasteiger partial charge >= 0.3 is 0 Å². The third-order valence-corrected chi connectivity index (χ3v) is 5.00. The van der Waals surface area contributed by atoms with Gasteiger partial charge in [-0.1, -0.05) is 23.7 Å². The molecule has 26 heavy (non-hydrogen) atoms. The molecule has 2 aromatic rings. The number of aryl methyl sites for hydroxylation is 1. The van der Waals surface area contributed by atoms with Crippen molar-refractivity contribution in [1.82, 2.24) is 14.8 Å². The van der Waals surface area contributed by atoms with Gasteiger partial charge in [-0.25, -0.2) is 0 Å². The summed E-state index contributed by atoms with van der Waals surface area (Å²) in [4.78, 5) is 31.4. The van der Waals surface area contributed by atoms with E-state index in [1.165, 1.54) is 0 Å². The summed E-state index contributed by atoms with van der Waals surface area (Å²) < 4.78 is 0. The first-order chi connectivity index (χ1) is 12.4. The van der Waals surface area contributed by atoms with Gasteiger partial charge in [0.05, 0.1) is 11.6 Å². The Morgan fingerprint density at radius 1 is 1.19 bits per heavy atom. The molecule has 0 aliphatic carbocycles. The third kappa shape index (κ3) is 4.26. The Hall–Kier alpha value is -2.31. The lowest BCUT2D eigenvalue weighted by molar-refractivity contribution is -0.117. The van der Waals surface area contributed by atoms with Crippen LogP contribution >= 0.6 is 11.6 Å². The summed E-state index contributed by atoms with van der Waals surface area (Å²) in [6.07, 6.45) is 1.60. The Balaban J connectivity index is 1.50. The first-order valence-electron chi connectivity index (χ1n) is 8.65. The van der Waals surface area contributed by atoms with Crippen molar-refractivity contribution in [2.75, 3.05) is 38.0 Å². The summed E-state index contributed by atoms with van der Waals surface area (Å²) in [5.41, 5.74) is 3.59. The van der Waals surface area contributed by atoms with Gasteiger partial charge in [0.15, 0.2) is 0 Å². The van der Waals surface area contributed by atoms with E-state index in [1.54, 1.807) is 17.2 Å². The molecule has 0 spiro atoms. The summed E-state index contributed by atoms with van der Waals surface area (Å²) >= 11 is 5.86. The molecule has 1 aliphatic rings. The predicted octanol–water partition coefficient (Wildman–Crippen LogP) is 2.68. The Morgan fingerprint density at radius 2 is 1.92 bits per heavy atom. The first-order valence-corrected chi connectivity index (χ1v) is 9.03. The van der Waals surface area contributed by atoms with E-state index in [9.17, 15) is 9.59 Å². The molecule has 1 aliphatic heterocycles. The monoisotopic (exact) mass is 374 g/mol. The van der Waals surface area contributed by atoms with Crippen LogP contribution in [0.4, 0.5) is 5.69 Å². The van der Waals surface area contributed by atoms with Crippen LogP contribution < -0.4 is 5.32 Å². The van der Waals surface area contributed by atoms with Gasteiger partial charge in [0.25, 0.3) is 5.91 Å². The number of amides is 2. The Morgan fingerprint density at radius 3 is 2.58 bits per heavy atom. The van der Waals surface area contributed by atoms with E-state index in [0.29, 0.717) is 43.4 Å². The number of halogens is 1. The highest BCUT2D eigenvalue weighted by Crippen LogP contribution is 2.18. The molecule has 1 aromatic carbocycles. The van der Waals surface area contributed by atoms with Crippen LogP contribution in [0, 0.1) is 13.8 Å². The van der Waals surface area contributed by atoms with Crippen molar-refractivity contribution in [1.29, 1.82) is 0 Å². The van der Waals surface area contributed by atoms with Gasteiger partial charge in [-0.3, -0.25) is 14.5 Å². The predicted molar refractivity (Wildman–Crippen MR) is 103 cm³/mol. The van der Waals surface area contributed by atoms with Crippen molar-refractivity contribution in [3.8, 4) is 0 Å². The summed E-state index contributed by atoms with van der Waals surface area (Å²) in [5.74, 6) is -0.0917. The molecule has 3 rings (SSSR count). The molecular weight excluding hydrogens is 352 g/mol. The molecule has 2 heterocycles. The van der Waals surface area contributed by atoms with Crippen molar-refractivity contribution < 1.29 is 9.59 Å². The number of rotatable bonds is 4. The van der Waals surface area contributed by atoms with Gasteiger partial charge in [-0.2, -0.15) is 0 Å². The lowest BCUT2D eigenvalue weighted by Gasteiger charge is -2.34. The van der Waals surface area contributed by atoms with Crippen LogP contribution in [0.15, 0.2) is 30.5 Å². The topological polar surface area (TPSA) is 68.4 Å². The molecule has 1 aromatic heterocycles. The van der Waals surface area contributed by atoms with Crippen molar-refractivity contribution in [3.05, 3.63) is 52.3 Å². The average Bonchev–Trinajstić information content (AvgIpc) is 3.05. The normalized spacial score (nSPS) is 15.1. The number of carbonyl (C=O) groups excluding carboxylic acids is 2. The summed E-state index contributed by atoms with van der Waals surface area (Å²) in [6.45, 7) is 6.86. The van der Waals surface area contributed by atoms with Crippen LogP contribution in [0.3, 0.4) is 0 Å². The molecule has 0 radical (unpaired) electrons. The SMILES string of the molecule is Cc1cccc(NC(=O)CN2CCN(C(=O)c3cc(Cl)c[nH]3)CC2)c1C. The second-order valence-corrected chi connectivity index (χ2v) is 7.03. The molecule has 2 N–H and O–H groups in total. The van der Waals surface area contributed by atoms with Gasteiger partial charge in [0.1, 0.15) is 5.69 Å². The highest BCUT2D eigenvalue weighted by atomic mass is 35.5. The molecular formula is C19H23ClN4O2. The molecule has 6 nitrogen and oxygen atoms in total. The van der Waals surface area contributed by atoms with Crippen molar-refractivity contribution in [3.63, 3.8) is 0 Å². The standard InChI is InChI=1S/C19H23ClN4O2/c1-13-4-3-5-16(14(13)2)22-18(25)12-23-6-8-24(9-7-23)19(26)17-10-15(20)11-21-17/h3-5,10-11,21H,6-9,12H2,1-2H3,(H,22,25). The zero-order chi connectivity index (χ0) is 18.7. The van der Waals surface area contributed by atoms with Crippen LogP contribution in [-0.2, 0) is 4.79 Å². The molecule has 138 valence electrons. The summed E-state index contributed by atoms with van der Waals surface area (Å²) in [6, 6.07) is 7.51. The number of aromatic amines is 1. The first kappa shape index (κ1) is 18.5. The largest absolute Gasteiger partial charge is 0.356 e. The summed E-state index contributed by atoms with van der Waals surface area (Å²) in [7, 11) is 0. The maximum Gasteiger partial charge on any atom is 0.270 e. The lowest BCUT2D eigenvalue weighted by atomic mass is 10.1. The quantitative estimate of drug-likeness (QED) is 0.864. The number of nitrogens with one attached hydrogen (secondary N) is 2. The number of hydrogen-bond acceptors (Lipinski definition) is 3. The van der Waals surface area contributed by atoms with E-state index in [2.05, 4.69) is 15.2 Å². The van der Waals surface area contributed by atoms with Crippen LogP contribution in [0.25, 0.3) is 0 Å². The highest BCUT2D eigenvalue weighted by Gasteiger charge is 2.24. The number of benzene rings is 1. The van der Waals surface area contributed by atoms with Crippen LogP contribution in [-0.4, -0.2) is 59.3 Å². The molecule has 7 heteroatoms. The molecule has 0 atom stereocenters. The number of aromatic nitrogens is 1. The maximum atomic E-state index is 12.4. The highest BCUT2D eigenvalue weighted by molar-refractivity contribution is 6.30. The fourth-order valence-corrected chi connectivity index (χ4v) is 3.21. The second kappa shape index (κ2) is 7.93. The van der Waals surface area contributed by atoms with E-state index in [-0.39, 0.29) is 11.8 Å². The molecule has 0 saturated carbocycles. The second-order valence-electron chi connectivity index (χ2n) is 6.60. The molecule has 0 bridgehead atoms. The number of H-pyrrole nitrogens is 1. The van der Waals surface area contributed by atoms with Gasteiger partial charge in [-0.15, -0.1) is 0 Å². The molecule has 2 amide bonds. The maximum absolute atomic E-state index is 12.4. The minimum atomic E-state index is -0.0589. The van der Waals surface area contributed by atoms with E-state index in [0.717, 1.165) is 16.8 Å². The van der Waals surface area contributed by atoms with E-state index >= 15 is 0 Å². The van der Waals surface area contributed by atoms with Crippen molar-refractivity contribution >= 4 is 29.1 Å². The number of piperazine rings is 1. The lowest BCUT2D eigenvalue weighted by Crippen LogP contribution is -2.50. The Labute approximate surface area is 158 Å². The smallest absolute Gasteiger partial charge is 0.270 e. The zero-order valence-corrected chi connectivity index (χ0v) is 15.8. The van der Waals surface area contributed by atoms with Gasteiger partial charge < -0.3 is 15.2 Å². The Bertz CT molecular complexity index is 810. The van der Waals surface area contributed by atoms with E-state index in [4.69, 9.17) is 11.6 Å². The fraction of sp³-hybridized carbons (Fsp3) is 0.368. The van der Waals surface area contributed by atoms with Crippen LogP contribution in [0.5, 0.6) is 0 Å². The Kier molecular flexibility index (Phi) is 5.64. The molecule has 1 fully saturated rings. The van der Waals surface area contributed by atoms with Crippen LogP contribution in [0.2, 0.25) is 5.02 Å². The molecule has 0 unspecified atom stereocenters. The van der Waals surface area contributed by atoms with E-state index < -0.39 is 0 Å². The third-order valence-electron chi connectivity index (χ3n) is 4.78. The van der Waals surface area contributed by atoms with Crippen molar-refractivity contribution in [2.45, 2.75) is 13.8 Å². The van der Waals surface area contributed by atoms with Crippen LogP contribution in [0.1, 0.15) is 21.6 Å². The minimum Gasteiger partial charge on any atom is -0.356 e. The summed E-state index contributed by atoms with van der Waals surface area (Å²) in [5, 5.41) is 3.50. The number of nitrogens with zero attached hydrogens (tertiary/aromatic N) is 2. The van der Waals surface area contributed by atoms with Crippen molar-refractivity contribution in [2.24, 2.45) is 0 Å². The average molecular weight is 375 g/mol.